The third kappa shape index (κ3) is 4.58. The zero-order valence-corrected chi connectivity index (χ0v) is 14.8. The lowest BCUT2D eigenvalue weighted by atomic mass is 10.1. The molecule has 6 heteroatoms. The van der Waals surface area contributed by atoms with E-state index in [1.165, 1.54) is 0 Å². The number of para-hydroxylation sites is 1. The average Bonchev–Trinajstić information content (AvgIpc) is 3.25. The van der Waals surface area contributed by atoms with Crippen LogP contribution in [0.5, 0.6) is 0 Å². The van der Waals surface area contributed by atoms with Gasteiger partial charge in [0, 0.05) is 45.4 Å². The van der Waals surface area contributed by atoms with Crippen molar-refractivity contribution in [1.82, 2.24) is 10.2 Å². The highest BCUT2D eigenvalue weighted by molar-refractivity contribution is 6.00. The van der Waals surface area contributed by atoms with E-state index < -0.39 is 0 Å². The molecule has 1 aromatic rings. The van der Waals surface area contributed by atoms with E-state index in [-0.39, 0.29) is 17.7 Å². The number of anilines is 1. The van der Waals surface area contributed by atoms with Crippen LogP contribution in [0.25, 0.3) is 0 Å². The SMILES string of the molecule is COCCN1CC[C@H](CNC(=O)[C@@H]2CC(=O)N(c3ccccc3)C2)C1. The fourth-order valence-corrected chi connectivity index (χ4v) is 3.63. The van der Waals surface area contributed by atoms with Gasteiger partial charge < -0.3 is 19.9 Å². The lowest BCUT2D eigenvalue weighted by Crippen LogP contribution is -2.36. The van der Waals surface area contributed by atoms with E-state index in [9.17, 15) is 9.59 Å². The molecule has 0 radical (unpaired) electrons. The lowest BCUT2D eigenvalue weighted by molar-refractivity contribution is -0.126. The number of benzene rings is 1. The minimum Gasteiger partial charge on any atom is -0.383 e. The Kier molecular flexibility index (Phi) is 6.04. The second-order valence-electron chi connectivity index (χ2n) is 6.93. The van der Waals surface area contributed by atoms with Crippen LogP contribution in [-0.4, -0.2) is 63.2 Å². The van der Waals surface area contributed by atoms with Crippen molar-refractivity contribution in [2.45, 2.75) is 12.8 Å². The molecular weight excluding hydrogens is 318 g/mol. The summed E-state index contributed by atoms with van der Waals surface area (Å²) in [6.07, 6.45) is 1.40. The third-order valence-electron chi connectivity index (χ3n) is 5.11. The van der Waals surface area contributed by atoms with Gasteiger partial charge in [-0.05, 0) is 31.0 Å². The van der Waals surface area contributed by atoms with Gasteiger partial charge in [0.1, 0.15) is 0 Å². The monoisotopic (exact) mass is 345 g/mol. The van der Waals surface area contributed by atoms with Crippen LogP contribution in [0.1, 0.15) is 12.8 Å². The van der Waals surface area contributed by atoms with Crippen molar-refractivity contribution in [3.63, 3.8) is 0 Å². The quantitative estimate of drug-likeness (QED) is 0.805. The van der Waals surface area contributed by atoms with E-state index in [1.54, 1.807) is 12.0 Å². The Balaban J connectivity index is 1.44. The highest BCUT2D eigenvalue weighted by Gasteiger charge is 2.35. The van der Waals surface area contributed by atoms with Gasteiger partial charge in [-0.2, -0.15) is 0 Å². The highest BCUT2D eigenvalue weighted by Crippen LogP contribution is 2.25. The summed E-state index contributed by atoms with van der Waals surface area (Å²) in [4.78, 5) is 28.8. The Bertz CT molecular complexity index is 593. The van der Waals surface area contributed by atoms with Gasteiger partial charge in [0.05, 0.1) is 12.5 Å². The first-order valence-electron chi connectivity index (χ1n) is 9.02. The number of hydrogen-bond donors (Lipinski definition) is 1. The van der Waals surface area contributed by atoms with Gasteiger partial charge >= 0.3 is 0 Å². The zero-order chi connectivity index (χ0) is 17.6. The summed E-state index contributed by atoms with van der Waals surface area (Å²) in [5.41, 5.74) is 0.868. The van der Waals surface area contributed by atoms with Crippen molar-refractivity contribution in [3.05, 3.63) is 30.3 Å². The Morgan fingerprint density at radius 1 is 1.28 bits per heavy atom. The molecule has 2 aliphatic heterocycles. The molecule has 25 heavy (non-hydrogen) atoms. The number of nitrogens with zero attached hydrogens (tertiary/aromatic N) is 2. The van der Waals surface area contributed by atoms with E-state index >= 15 is 0 Å². The van der Waals surface area contributed by atoms with E-state index in [0.29, 0.717) is 25.4 Å². The largest absolute Gasteiger partial charge is 0.383 e. The first-order chi connectivity index (χ1) is 12.2. The molecule has 0 aliphatic carbocycles. The summed E-state index contributed by atoms with van der Waals surface area (Å²) in [5.74, 6) is 0.266. The predicted molar refractivity (Wildman–Crippen MR) is 96.3 cm³/mol. The maximum absolute atomic E-state index is 12.5. The van der Waals surface area contributed by atoms with Crippen molar-refractivity contribution < 1.29 is 14.3 Å². The van der Waals surface area contributed by atoms with Gasteiger partial charge in [-0.25, -0.2) is 0 Å². The zero-order valence-electron chi connectivity index (χ0n) is 14.8. The molecule has 0 unspecified atom stereocenters. The van der Waals surface area contributed by atoms with Crippen molar-refractivity contribution >= 4 is 17.5 Å². The van der Waals surface area contributed by atoms with Crippen LogP contribution in [0.3, 0.4) is 0 Å². The lowest BCUT2D eigenvalue weighted by Gasteiger charge is -2.18. The van der Waals surface area contributed by atoms with Crippen LogP contribution in [0.4, 0.5) is 5.69 Å². The molecule has 2 amide bonds. The van der Waals surface area contributed by atoms with E-state index in [2.05, 4.69) is 10.2 Å². The molecule has 0 aromatic heterocycles. The van der Waals surface area contributed by atoms with Gasteiger partial charge in [-0.15, -0.1) is 0 Å². The molecule has 6 nitrogen and oxygen atoms in total. The molecule has 2 aliphatic rings. The normalized spacial score (nSPS) is 24.0. The number of hydrogen-bond acceptors (Lipinski definition) is 4. The maximum Gasteiger partial charge on any atom is 0.227 e. The van der Waals surface area contributed by atoms with Gasteiger partial charge in [-0.1, -0.05) is 18.2 Å². The van der Waals surface area contributed by atoms with Crippen molar-refractivity contribution in [2.24, 2.45) is 11.8 Å². The topological polar surface area (TPSA) is 61.9 Å². The number of carbonyl (C=O) groups is 2. The number of amides is 2. The molecule has 0 spiro atoms. The average molecular weight is 345 g/mol. The summed E-state index contributed by atoms with van der Waals surface area (Å²) in [7, 11) is 1.72. The Hall–Kier alpha value is -1.92. The number of carbonyl (C=O) groups excluding carboxylic acids is 2. The molecule has 0 bridgehead atoms. The minimum absolute atomic E-state index is 0.00197. The van der Waals surface area contributed by atoms with Crippen molar-refractivity contribution in [3.8, 4) is 0 Å². The maximum atomic E-state index is 12.5. The van der Waals surface area contributed by atoms with Gasteiger partial charge in [0.2, 0.25) is 11.8 Å². The van der Waals surface area contributed by atoms with Gasteiger partial charge in [-0.3, -0.25) is 9.59 Å². The second kappa shape index (κ2) is 8.45. The molecule has 1 aromatic carbocycles. The molecule has 2 atom stereocenters. The van der Waals surface area contributed by atoms with Crippen LogP contribution in [0, 0.1) is 11.8 Å². The summed E-state index contributed by atoms with van der Waals surface area (Å²) in [6, 6.07) is 9.55. The first kappa shape index (κ1) is 17.9. The number of likely N-dealkylation sites (tertiary alicyclic amines) is 1. The molecule has 2 heterocycles. The van der Waals surface area contributed by atoms with Crippen molar-refractivity contribution in [1.29, 1.82) is 0 Å². The molecule has 2 saturated heterocycles. The van der Waals surface area contributed by atoms with E-state index in [4.69, 9.17) is 4.74 Å². The van der Waals surface area contributed by atoms with Crippen LogP contribution in [0.15, 0.2) is 30.3 Å². The Morgan fingerprint density at radius 2 is 2.08 bits per heavy atom. The van der Waals surface area contributed by atoms with E-state index in [1.807, 2.05) is 30.3 Å². The second-order valence-corrected chi connectivity index (χ2v) is 6.93. The van der Waals surface area contributed by atoms with Crippen LogP contribution in [-0.2, 0) is 14.3 Å². The summed E-state index contributed by atoms with van der Waals surface area (Å²) in [6.45, 7) is 4.93. The standard InChI is InChI=1S/C19H27N3O3/c1-25-10-9-21-8-7-15(13-21)12-20-19(24)16-11-18(23)22(14-16)17-5-3-2-4-6-17/h2-6,15-16H,7-14H2,1H3,(H,20,24)/t15-,16-/m1/s1. The van der Waals surface area contributed by atoms with Crippen LogP contribution < -0.4 is 10.2 Å². The number of rotatable bonds is 7. The third-order valence-corrected chi connectivity index (χ3v) is 5.11. The highest BCUT2D eigenvalue weighted by atomic mass is 16.5. The Labute approximate surface area is 149 Å². The van der Waals surface area contributed by atoms with E-state index in [0.717, 1.165) is 38.3 Å². The van der Waals surface area contributed by atoms with Crippen molar-refractivity contribution in [2.75, 3.05) is 51.3 Å². The summed E-state index contributed by atoms with van der Waals surface area (Å²) >= 11 is 0. The molecular formula is C19H27N3O3. The Morgan fingerprint density at radius 3 is 2.84 bits per heavy atom. The molecule has 3 rings (SSSR count). The van der Waals surface area contributed by atoms with Gasteiger partial charge in [0.15, 0.2) is 0 Å². The summed E-state index contributed by atoms with van der Waals surface area (Å²) in [5, 5.41) is 3.06. The molecule has 2 fully saturated rings. The fourth-order valence-electron chi connectivity index (χ4n) is 3.63. The predicted octanol–water partition coefficient (Wildman–Crippen LogP) is 1.12. The molecule has 1 N–H and O–H groups in total. The summed E-state index contributed by atoms with van der Waals surface area (Å²) < 4.78 is 5.11. The van der Waals surface area contributed by atoms with Gasteiger partial charge in [0.25, 0.3) is 0 Å². The molecule has 0 saturated carbocycles. The number of ether oxygens (including phenoxy) is 1. The first-order valence-corrected chi connectivity index (χ1v) is 9.02. The van der Waals surface area contributed by atoms with Crippen LogP contribution in [0.2, 0.25) is 0 Å². The molecule has 136 valence electrons. The fraction of sp³-hybridized carbons (Fsp3) is 0.579. The smallest absolute Gasteiger partial charge is 0.227 e. The minimum atomic E-state index is -0.251. The number of methoxy groups -OCH3 is 1. The number of nitrogens with one attached hydrogen (secondary N) is 1. The van der Waals surface area contributed by atoms with Crippen LogP contribution >= 0.6 is 0 Å².